The van der Waals surface area contributed by atoms with E-state index < -0.39 is 28.7 Å². The van der Waals surface area contributed by atoms with Crippen molar-refractivity contribution in [1.29, 1.82) is 0 Å². The first-order valence-corrected chi connectivity index (χ1v) is 9.69. The predicted octanol–water partition coefficient (Wildman–Crippen LogP) is 2.29. The summed E-state index contributed by atoms with van der Waals surface area (Å²) in [5, 5.41) is 1.74. The van der Waals surface area contributed by atoms with Crippen LogP contribution in [0.2, 0.25) is 0 Å². The van der Waals surface area contributed by atoms with E-state index in [0.29, 0.717) is 13.0 Å². The molecule has 27 heavy (non-hydrogen) atoms. The third kappa shape index (κ3) is 6.06. The lowest BCUT2D eigenvalue weighted by molar-refractivity contribution is -0.123. The Labute approximate surface area is 162 Å². The number of benzene rings is 1. The summed E-state index contributed by atoms with van der Waals surface area (Å²) >= 11 is 0. The molecule has 1 aliphatic rings. The number of alkyl halides is 3. The van der Waals surface area contributed by atoms with E-state index in [1.165, 1.54) is 28.6 Å². The Bertz CT molecular complexity index is 740. The Hall–Kier alpha value is -1.36. The number of nitrogens with two attached hydrogens (primary N) is 1. The van der Waals surface area contributed by atoms with E-state index in [0.717, 1.165) is 12.8 Å². The molecule has 6 nitrogen and oxygen atoms in total. The molecule has 1 aliphatic heterocycles. The summed E-state index contributed by atoms with van der Waals surface area (Å²) < 4.78 is 63.5. The first kappa shape index (κ1) is 23.7. The highest BCUT2D eigenvalue weighted by Gasteiger charge is 2.35. The molecule has 0 aromatic heterocycles. The summed E-state index contributed by atoms with van der Waals surface area (Å²) in [6.45, 7) is 0.671. The number of piperidine rings is 1. The van der Waals surface area contributed by atoms with Gasteiger partial charge in [-0.25, -0.2) is 8.42 Å². The van der Waals surface area contributed by atoms with Gasteiger partial charge in [-0.3, -0.25) is 4.79 Å². The molecule has 0 saturated carbocycles. The summed E-state index contributed by atoms with van der Waals surface area (Å²) in [4.78, 5) is 11.7. The number of nitrogens with zero attached hydrogens (tertiary/aromatic N) is 1. The second-order valence-electron chi connectivity index (χ2n) is 6.36. The maximum absolute atomic E-state index is 12.9. The SMILES string of the molecule is CC(N)C1CCCCN1S(=O)(=O)c1ccc(C(=O)NCC(F)(F)F)cc1.Cl. The first-order valence-electron chi connectivity index (χ1n) is 8.25. The van der Waals surface area contributed by atoms with E-state index in [9.17, 15) is 26.4 Å². The quantitative estimate of drug-likeness (QED) is 0.751. The topological polar surface area (TPSA) is 92.5 Å². The van der Waals surface area contributed by atoms with E-state index in [2.05, 4.69) is 0 Å². The molecule has 1 aromatic carbocycles. The Morgan fingerprint density at radius 2 is 1.89 bits per heavy atom. The van der Waals surface area contributed by atoms with Gasteiger partial charge >= 0.3 is 6.18 Å². The van der Waals surface area contributed by atoms with Crippen LogP contribution in [0.1, 0.15) is 36.5 Å². The second-order valence-corrected chi connectivity index (χ2v) is 8.25. The van der Waals surface area contributed by atoms with Crippen LogP contribution < -0.4 is 11.1 Å². The lowest BCUT2D eigenvalue weighted by atomic mass is 10.00. The summed E-state index contributed by atoms with van der Waals surface area (Å²) in [6.07, 6.45) is -2.20. The highest BCUT2D eigenvalue weighted by Crippen LogP contribution is 2.27. The van der Waals surface area contributed by atoms with Gasteiger partial charge in [-0.05, 0) is 44.0 Å². The minimum Gasteiger partial charge on any atom is -0.343 e. The van der Waals surface area contributed by atoms with Crippen LogP contribution in [0, 0.1) is 0 Å². The minimum atomic E-state index is -4.51. The average molecular weight is 430 g/mol. The maximum Gasteiger partial charge on any atom is 0.405 e. The second kappa shape index (κ2) is 9.22. The molecule has 0 bridgehead atoms. The highest BCUT2D eigenvalue weighted by atomic mass is 35.5. The lowest BCUT2D eigenvalue weighted by Crippen LogP contribution is -2.51. The van der Waals surface area contributed by atoms with Gasteiger partial charge in [-0.15, -0.1) is 12.4 Å². The number of nitrogens with one attached hydrogen (secondary N) is 1. The fourth-order valence-corrected chi connectivity index (χ4v) is 4.72. The van der Waals surface area contributed by atoms with Gasteiger partial charge in [0.05, 0.1) is 4.90 Å². The van der Waals surface area contributed by atoms with E-state index in [-0.39, 0.29) is 34.9 Å². The lowest BCUT2D eigenvalue weighted by Gasteiger charge is -2.36. The molecular weight excluding hydrogens is 407 g/mol. The number of carbonyl (C=O) groups is 1. The van der Waals surface area contributed by atoms with Crippen LogP contribution in [0.15, 0.2) is 29.2 Å². The Kier molecular flexibility index (Phi) is 8.09. The van der Waals surface area contributed by atoms with Gasteiger partial charge in [0.15, 0.2) is 0 Å². The van der Waals surface area contributed by atoms with Crippen LogP contribution in [-0.4, -0.2) is 50.0 Å². The summed E-state index contributed by atoms with van der Waals surface area (Å²) in [5.74, 6) is -0.919. The Balaban J connectivity index is 0.00000364. The van der Waals surface area contributed by atoms with Crippen LogP contribution in [0.4, 0.5) is 13.2 Å². The molecule has 1 aromatic rings. The molecule has 1 amide bonds. The van der Waals surface area contributed by atoms with Gasteiger partial charge < -0.3 is 11.1 Å². The molecular formula is C16H23ClF3N3O3S. The summed E-state index contributed by atoms with van der Waals surface area (Å²) in [7, 11) is -3.79. The summed E-state index contributed by atoms with van der Waals surface area (Å²) in [5.41, 5.74) is 5.87. The predicted molar refractivity (Wildman–Crippen MR) is 97.3 cm³/mol. The molecule has 0 radical (unpaired) electrons. The molecule has 2 rings (SSSR count). The number of sulfonamides is 1. The van der Waals surface area contributed by atoms with Gasteiger partial charge in [0.1, 0.15) is 6.54 Å². The van der Waals surface area contributed by atoms with Crippen molar-refractivity contribution in [3.63, 3.8) is 0 Å². The molecule has 1 saturated heterocycles. The normalized spacial score (nSPS) is 19.8. The van der Waals surface area contributed by atoms with Gasteiger partial charge in [-0.1, -0.05) is 6.42 Å². The molecule has 0 aliphatic carbocycles. The van der Waals surface area contributed by atoms with Gasteiger partial charge in [0, 0.05) is 24.2 Å². The smallest absolute Gasteiger partial charge is 0.343 e. The number of amides is 1. The zero-order chi connectivity index (χ0) is 19.5. The van der Waals surface area contributed by atoms with Crippen LogP contribution in [0.5, 0.6) is 0 Å². The molecule has 2 unspecified atom stereocenters. The summed E-state index contributed by atoms with van der Waals surface area (Å²) in [6, 6.07) is 4.23. The van der Waals surface area contributed by atoms with Crippen LogP contribution in [0.3, 0.4) is 0 Å². The zero-order valence-corrected chi connectivity index (χ0v) is 16.3. The molecule has 0 spiro atoms. The third-order valence-corrected chi connectivity index (χ3v) is 6.22. The molecule has 154 valence electrons. The van der Waals surface area contributed by atoms with Gasteiger partial charge in [-0.2, -0.15) is 17.5 Å². The van der Waals surface area contributed by atoms with Crippen molar-refractivity contribution in [1.82, 2.24) is 9.62 Å². The fourth-order valence-electron chi connectivity index (χ4n) is 2.95. The van der Waals surface area contributed by atoms with Crippen LogP contribution in [-0.2, 0) is 10.0 Å². The molecule has 1 fully saturated rings. The monoisotopic (exact) mass is 429 g/mol. The fraction of sp³-hybridized carbons (Fsp3) is 0.562. The standard InChI is InChI=1S/C16H22F3N3O3S.ClH/c1-11(20)14-4-2-3-9-22(14)26(24,25)13-7-5-12(6-8-13)15(23)21-10-16(17,18)19;/h5-8,11,14H,2-4,9-10,20H2,1H3,(H,21,23);1H. The van der Waals surface area contributed by atoms with Crippen LogP contribution in [0.25, 0.3) is 0 Å². The molecule has 11 heteroatoms. The maximum atomic E-state index is 12.9. The average Bonchev–Trinajstić information content (AvgIpc) is 2.59. The van der Waals surface area contributed by atoms with E-state index in [1.54, 1.807) is 12.2 Å². The Morgan fingerprint density at radius 3 is 2.41 bits per heavy atom. The van der Waals surface area contributed by atoms with E-state index >= 15 is 0 Å². The van der Waals surface area contributed by atoms with Crippen molar-refractivity contribution < 1.29 is 26.4 Å². The van der Waals surface area contributed by atoms with Gasteiger partial charge in [0.25, 0.3) is 5.91 Å². The molecule has 3 N–H and O–H groups in total. The van der Waals surface area contributed by atoms with E-state index in [1.807, 2.05) is 0 Å². The Morgan fingerprint density at radius 1 is 1.30 bits per heavy atom. The van der Waals surface area contributed by atoms with E-state index in [4.69, 9.17) is 5.73 Å². The van der Waals surface area contributed by atoms with Crippen molar-refractivity contribution in [2.75, 3.05) is 13.1 Å². The molecule has 1 heterocycles. The van der Waals surface area contributed by atoms with Crippen molar-refractivity contribution >= 4 is 28.3 Å². The minimum absolute atomic E-state index is 0. The molecule has 2 atom stereocenters. The number of hydrogen-bond acceptors (Lipinski definition) is 4. The number of hydrogen-bond donors (Lipinski definition) is 2. The van der Waals surface area contributed by atoms with Crippen molar-refractivity contribution in [2.45, 2.75) is 49.3 Å². The van der Waals surface area contributed by atoms with Crippen molar-refractivity contribution in [3.8, 4) is 0 Å². The number of carbonyl (C=O) groups excluding carboxylic acids is 1. The van der Waals surface area contributed by atoms with Crippen molar-refractivity contribution in [3.05, 3.63) is 29.8 Å². The number of halogens is 4. The van der Waals surface area contributed by atoms with Crippen molar-refractivity contribution in [2.24, 2.45) is 5.73 Å². The number of rotatable bonds is 5. The largest absolute Gasteiger partial charge is 0.405 e. The van der Waals surface area contributed by atoms with Crippen LogP contribution >= 0.6 is 12.4 Å². The first-order chi connectivity index (χ1) is 12.0. The highest BCUT2D eigenvalue weighted by molar-refractivity contribution is 7.89. The zero-order valence-electron chi connectivity index (χ0n) is 14.7. The van der Waals surface area contributed by atoms with Gasteiger partial charge in [0.2, 0.25) is 10.0 Å². The third-order valence-electron chi connectivity index (χ3n) is 4.28.